The van der Waals surface area contributed by atoms with E-state index >= 15 is 0 Å². The van der Waals surface area contributed by atoms with Crippen molar-refractivity contribution in [2.24, 2.45) is 5.41 Å². The smallest absolute Gasteiger partial charge is 0.303 e. The molecular formula is C15H20F2O2S. The predicted molar refractivity (Wildman–Crippen MR) is 75.3 cm³/mol. The van der Waals surface area contributed by atoms with Crippen LogP contribution in [0.4, 0.5) is 8.78 Å². The highest BCUT2D eigenvalue weighted by Gasteiger charge is 2.45. The van der Waals surface area contributed by atoms with E-state index in [2.05, 4.69) is 0 Å². The average Bonchev–Trinajstić information content (AvgIpc) is 2.76. The van der Waals surface area contributed by atoms with E-state index in [1.807, 2.05) is 0 Å². The SMILES string of the molecule is Cc1ccc(C(F)(F)CC2(CC(=O)O)CCCCC2)s1. The summed E-state index contributed by atoms with van der Waals surface area (Å²) in [5.74, 6) is -3.89. The quantitative estimate of drug-likeness (QED) is 0.834. The molecule has 2 nitrogen and oxygen atoms in total. The Hall–Kier alpha value is -0.970. The van der Waals surface area contributed by atoms with E-state index in [1.165, 1.54) is 6.07 Å². The van der Waals surface area contributed by atoms with E-state index in [9.17, 15) is 13.6 Å². The normalized spacial score (nSPS) is 18.9. The van der Waals surface area contributed by atoms with Crippen molar-refractivity contribution >= 4 is 17.3 Å². The summed E-state index contributed by atoms with van der Waals surface area (Å²) in [6.07, 6.45) is 3.43. The van der Waals surface area contributed by atoms with Crippen LogP contribution in [0, 0.1) is 12.3 Å². The molecule has 1 fully saturated rings. The van der Waals surface area contributed by atoms with Crippen LogP contribution >= 0.6 is 11.3 Å². The Bertz CT molecular complexity index is 476. The summed E-state index contributed by atoms with van der Waals surface area (Å²) in [7, 11) is 0. The van der Waals surface area contributed by atoms with Gasteiger partial charge in [0.2, 0.25) is 0 Å². The summed E-state index contributed by atoms with van der Waals surface area (Å²) >= 11 is 1.10. The van der Waals surface area contributed by atoms with Gasteiger partial charge in [-0.3, -0.25) is 4.79 Å². The fourth-order valence-electron chi connectivity index (χ4n) is 3.23. The number of aryl methyl sites for hydroxylation is 1. The lowest BCUT2D eigenvalue weighted by Gasteiger charge is -2.38. The Morgan fingerprint density at radius 3 is 2.50 bits per heavy atom. The molecule has 5 heteroatoms. The number of thiophene rings is 1. The number of rotatable bonds is 5. The summed E-state index contributed by atoms with van der Waals surface area (Å²) in [6.45, 7) is 1.80. The maximum atomic E-state index is 14.5. The van der Waals surface area contributed by atoms with Crippen molar-refractivity contribution in [3.8, 4) is 0 Å². The third-order valence-electron chi connectivity index (χ3n) is 4.14. The van der Waals surface area contributed by atoms with Crippen LogP contribution in [0.2, 0.25) is 0 Å². The zero-order valence-corrected chi connectivity index (χ0v) is 12.4. The minimum atomic E-state index is -2.92. The van der Waals surface area contributed by atoms with E-state index in [1.54, 1.807) is 13.0 Å². The number of halogens is 2. The van der Waals surface area contributed by atoms with Gasteiger partial charge >= 0.3 is 5.97 Å². The number of carboxylic acids is 1. The summed E-state index contributed by atoms with van der Waals surface area (Å²) < 4.78 is 28.9. The molecule has 0 spiro atoms. The zero-order valence-electron chi connectivity index (χ0n) is 11.6. The fraction of sp³-hybridized carbons (Fsp3) is 0.667. The molecule has 1 saturated carbocycles. The first-order valence-electron chi connectivity index (χ1n) is 7.00. The second kappa shape index (κ2) is 5.80. The van der Waals surface area contributed by atoms with E-state index in [0.717, 1.165) is 35.5 Å². The molecule has 0 atom stereocenters. The molecule has 1 aliphatic carbocycles. The van der Waals surface area contributed by atoms with Crippen molar-refractivity contribution in [1.82, 2.24) is 0 Å². The van der Waals surface area contributed by atoms with Gasteiger partial charge in [-0.1, -0.05) is 19.3 Å². The molecule has 0 radical (unpaired) electrons. The second-order valence-corrected chi connectivity index (χ2v) is 7.21. The van der Waals surface area contributed by atoms with E-state index < -0.39 is 17.3 Å². The molecule has 2 rings (SSSR count). The Kier molecular flexibility index (Phi) is 4.47. The second-order valence-electron chi connectivity index (χ2n) is 5.92. The van der Waals surface area contributed by atoms with Crippen LogP contribution in [-0.4, -0.2) is 11.1 Å². The molecule has 1 aromatic heterocycles. The first-order valence-corrected chi connectivity index (χ1v) is 7.81. The molecule has 0 saturated heterocycles. The Balaban J connectivity index is 2.20. The number of alkyl halides is 2. The van der Waals surface area contributed by atoms with Crippen LogP contribution in [0.15, 0.2) is 12.1 Å². The molecule has 1 N–H and O–H groups in total. The van der Waals surface area contributed by atoms with Gasteiger partial charge < -0.3 is 5.11 Å². The van der Waals surface area contributed by atoms with Crippen LogP contribution < -0.4 is 0 Å². The van der Waals surface area contributed by atoms with Gasteiger partial charge in [0.15, 0.2) is 0 Å². The highest BCUT2D eigenvalue weighted by atomic mass is 32.1. The maximum Gasteiger partial charge on any atom is 0.303 e. The van der Waals surface area contributed by atoms with Crippen molar-refractivity contribution in [1.29, 1.82) is 0 Å². The summed E-state index contributed by atoms with van der Waals surface area (Å²) in [6, 6.07) is 3.16. The van der Waals surface area contributed by atoms with Gasteiger partial charge in [-0.05, 0) is 37.3 Å². The average molecular weight is 302 g/mol. The molecule has 0 amide bonds. The van der Waals surface area contributed by atoms with Crippen molar-refractivity contribution in [2.75, 3.05) is 0 Å². The van der Waals surface area contributed by atoms with Gasteiger partial charge in [-0.25, -0.2) is 8.78 Å². The molecule has 20 heavy (non-hydrogen) atoms. The zero-order chi connectivity index (χ0) is 14.8. The molecule has 112 valence electrons. The lowest BCUT2D eigenvalue weighted by molar-refractivity contribution is -0.143. The first kappa shape index (κ1) is 15.4. The minimum Gasteiger partial charge on any atom is -0.481 e. The summed E-state index contributed by atoms with van der Waals surface area (Å²) in [5, 5.41) is 9.06. The fourth-order valence-corrected chi connectivity index (χ4v) is 4.07. The summed E-state index contributed by atoms with van der Waals surface area (Å²) in [4.78, 5) is 12.0. The Morgan fingerprint density at radius 2 is 2.00 bits per heavy atom. The first-order chi connectivity index (χ1) is 9.33. The van der Waals surface area contributed by atoms with Crippen LogP contribution in [0.5, 0.6) is 0 Å². The third-order valence-corrected chi connectivity index (χ3v) is 5.25. The Morgan fingerprint density at radius 1 is 1.35 bits per heavy atom. The highest BCUT2D eigenvalue weighted by Crippen LogP contribution is 2.50. The lowest BCUT2D eigenvalue weighted by atomic mass is 9.68. The summed E-state index contributed by atoms with van der Waals surface area (Å²) in [5.41, 5.74) is -0.745. The van der Waals surface area contributed by atoms with Crippen molar-refractivity contribution in [3.05, 3.63) is 21.9 Å². The van der Waals surface area contributed by atoms with Gasteiger partial charge in [0.25, 0.3) is 5.92 Å². The molecule has 1 aromatic rings. The van der Waals surface area contributed by atoms with Crippen LogP contribution in [-0.2, 0) is 10.7 Å². The Labute approximate surface area is 121 Å². The van der Waals surface area contributed by atoms with Crippen molar-refractivity contribution < 1.29 is 18.7 Å². The minimum absolute atomic E-state index is 0.0605. The van der Waals surface area contributed by atoms with Gasteiger partial charge in [0.1, 0.15) is 0 Å². The largest absolute Gasteiger partial charge is 0.481 e. The van der Waals surface area contributed by atoms with E-state index in [-0.39, 0.29) is 17.7 Å². The van der Waals surface area contributed by atoms with E-state index in [4.69, 9.17) is 5.11 Å². The van der Waals surface area contributed by atoms with Gasteiger partial charge in [0.05, 0.1) is 11.3 Å². The third kappa shape index (κ3) is 3.57. The predicted octanol–water partition coefficient (Wildman–Crippen LogP) is 4.96. The molecule has 0 bridgehead atoms. The highest BCUT2D eigenvalue weighted by molar-refractivity contribution is 7.12. The number of carbonyl (C=O) groups is 1. The molecule has 0 aliphatic heterocycles. The molecule has 1 aliphatic rings. The molecular weight excluding hydrogens is 282 g/mol. The van der Waals surface area contributed by atoms with Crippen molar-refractivity contribution in [2.45, 2.75) is 57.8 Å². The topological polar surface area (TPSA) is 37.3 Å². The maximum absolute atomic E-state index is 14.5. The van der Waals surface area contributed by atoms with Crippen LogP contribution in [0.3, 0.4) is 0 Å². The molecule has 1 heterocycles. The molecule has 0 aromatic carbocycles. The lowest BCUT2D eigenvalue weighted by Crippen LogP contribution is -2.33. The van der Waals surface area contributed by atoms with Crippen LogP contribution in [0.25, 0.3) is 0 Å². The van der Waals surface area contributed by atoms with Crippen molar-refractivity contribution in [3.63, 3.8) is 0 Å². The number of hydrogen-bond acceptors (Lipinski definition) is 2. The van der Waals surface area contributed by atoms with Gasteiger partial charge in [0, 0.05) is 11.3 Å². The van der Waals surface area contributed by atoms with E-state index in [0.29, 0.717) is 12.8 Å². The number of aliphatic carboxylic acids is 1. The molecule has 0 unspecified atom stereocenters. The van der Waals surface area contributed by atoms with Crippen LogP contribution in [0.1, 0.15) is 54.7 Å². The standard InChI is InChI=1S/C15H20F2O2S/c1-11-5-6-12(20-11)15(16,17)10-14(9-13(18)19)7-3-2-4-8-14/h5-6H,2-4,7-10H2,1H3,(H,18,19). The monoisotopic (exact) mass is 302 g/mol. The van der Waals surface area contributed by atoms with Gasteiger partial charge in [-0.15, -0.1) is 11.3 Å². The number of carboxylic acid groups (broad SMARTS) is 1. The van der Waals surface area contributed by atoms with Gasteiger partial charge in [-0.2, -0.15) is 0 Å². The number of hydrogen-bond donors (Lipinski definition) is 1.